The van der Waals surface area contributed by atoms with Gasteiger partial charge in [0, 0.05) is 12.1 Å². The highest BCUT2D eigenvalue weighted by atomic mass is 16.7. The maximum atomic E-state index is 13.6. The maximum Gasteiger partial charge on any atom is 0.269 e. The molecule has 9 heteroatoms. The second-order valence-corrected chi connectivity index (χ2v) is 8.36. The van der Waals surface area contributed by atoms with Crippen molar-refractivity contribution in [1.29, 1.82) is 0 Å². The number of carbonyl (C=O) groups excluding carboxylic acids is 2. The van der Waals surface area contributed by atoms with Gasteiger partial charge in [-0.05, 0) is 48.4 Å². The van der Waals surface area contributed by atoms with Crippen LogP contribution in [0, 0.1) is 16.0 Å². The van der Waals surface area contributed by atoms with Crippen molar-refractivity contribution in [2.75, 3.05) is 16.6 Å². The lowest BCUT2D eigenvalue weighted by Gasteiger charge is -2.28. The predicted octanol–water partition coefficient (Wildman–Crippen LogP) is 4.43. The van der Waals surface area contributed by atoms with Gasteiger partial charge in [0.25, 0.3) is 11.6 Å². The van der Waals surface area contributed by atoms with Gasteiger partial charge in [0.15, 0.2) is 6.10 Å². The topological polar surface area (TPSA) is 102 Å². The maximum absolute atomic E-state index is 13.6. The molecule has 2 aliphatic heterocycles. The van der Waals surface area contributed by atoms with Gasteiger partial charge in [-0.2, -0.15) is 0 Å². The van der Waals surface area contributed by atoms with Crippen LogP contribution in [0.5, 0.6) is 5.75 Å². The molecular weight excluding hydrogens is 450 g/mol. The van der Waals surface area contributed by atoms with E-state index in [1.807, 2.05) is 37.3 Å². The largest absolute Gasteiger partial charge is 0.494 e. The monoisotopic (exact) mass is 473 g/mol. The third-order valence-corrected chi connectivity index (χ3v) is 6.14. The Morgan fingerprint density at radius 3 is 2.23 bits per heavy atom. The van der Waals surface area contributed by atoms with Crippen LogP contribution in [0.4, 0.5) is 17.1 Å². The lowest BCUT2D eigenvalue weighted by molar-refractivity contribution is -0.384. The molecule has 2 aliphatic rings. The second-order valence-electron chi connectivity index (χ2n) is 8.36. The van der Waals surface area contributed by atoms with Crippen molar-refractivity contribution in [1.82, 2.24) is 0 Å². The standard InChI is InChI=1S/C26H23N3O6/c1-2-16-34-21-14-12-18(13-15-21)27-25(30)22-23(17-8-10-20(11-9-17)29(32)33)28(35-24(22)26(27)31)19-6-4-3-5-7-19/h3-15,22-24H,2,16H2,1H3/t22-,23+,24+/m0/s1. The van der Waals surface area contributed by atoms with E-state index in [-0.39, 0.29) is 11.6 Å². The number of hydrogen-bond acceptors (Lipinski definition) is 7. The number of fused-ring (bicyclic) bond motifs is 1. The lowest BCUT2D eigenvalue weighted by Crippen LogP contribution is -2.37. The summed E-state index contributed by atoms with van der Waals surface area (Å²) in [7, 11) is 0. The first kappa shape index (κ1) is 22.5. The average Bonchev–Trinajstić information content (AvgIpc) is 3.39. The molecule has 5 rings (SSSR count). The van der Waals surface area contributed by atoms with Crippen LogP contribution < -0.4 is 14.7 Å². The van der Waals surface area contributed by atoms with Crippen LogP contribution in [0.1, 0.15) is 24.9 Å². The zero-order chi connectivity index (χ0) is 24.5. The smallest absolute Gasteiger partial charge is 0.269 e. The number of imide groups is 1. The van der Waals surface area contributed by atoms with Crippen molar-refractivity contribution < 1.29 is 24.1 Å². The highest BCUT2D eigenvalue weighted by Gasteiger charge is 2.60. The van der Waals surface area contributed by atoms with Crippen LogP contribution in [0.15, 0.2) is 78.9 Å². The van der Waals surface area contributed by atoms with E-state index in [4.69, 9.17) is 9.57 Å². The summed E-state index contributed by atoms with van der Waals surface area (Å²) in [6.07, 6.45) is -0.146. The fraction of sp³-hybridized carbons (Fsp3) is 0.231. The molecule has 0 saturated carbocycles. The molecule has 0 unspecified atom stereocenters. The first-order valence-electron chi connectivity index (χ1n) is 11.4. The molecule has 3 aromatic rings. The van der Waals surface area contributed by atoms with Gasteiger partial charge in [0.05, 0.1) is 28.9 Å². The number of hydroxylamine groups is 1. The van der Waals surface area contributed by atoms with Crippen LogP contribution >= 0.6 is 0 Å². The molecule has 0 aliphatic carbocycles. The molecule has 2 heterocycles. The summed E-state index contributed by atoms with van der Waals surface area (Å²) in [5, 5.41) is 12.7. The fourth-order valence-electron chi connectivity index (χ4n) is 4.51. The number of nitro benzene ring substituents is 1. The lowest BCUT2D eigenvalue weighted by atomic mass is 9.90. The Kier molecular flexibility index (Phi) is 5.92. The van der Waals surface area contributed by atoms with E-state index in [1.165, 1.54) is 12.1 Å². The molecule has 3 aromatic carbocycles. The zero-order valence-electron chi connectivity index (χ0n) is 18.9. The van der Waals surface area contributed by atoms with Crippen molar-refractivity contribution in [2.45, 2.75) is 25.5 Å². The SMILES string of the molecule is CCCOc1ccc(N2C(=O)[C@H]3[C@@H](c4ccc([N+](=O)[O-])cc4)N(c4ccccc4)O[C@H]3C2=O)cc1. The Labute approximate surface area is 201 Å². The van der Waals surface area contributed by atoms with Crippen LogP contribution in [0.25, 0.3) is 0 Å². The average molecular weight is 473 g/mol. The molecule has 35 heavy (non-hydrogen) atoms. The molecule has 0 aromatic heterocycles. The van der Waals surface area contributed by atoms with Gasteiger partial charge in [-0.1, -0.05) is 37.3 Å². The molecule has 178 valence electrons. The number of non-ortho nitro benzene ring substituents is 1. The Balaban J connectivity index is 1.50. The summed E-state index contributed by atoms with van der Waals surface area (Å²) in [4.78, 5) is 44.9. The minimum atomic E-state index is -1.01. The van der Waals surface area contributed by atoms with Gasteiger partial charge in [-0.15, -0.1) is 0 Å². The van der Waals surface area contributed by atoms with Gasteiger partial charge >= 0.3 is 0 Å². The number of carbonyl (C=O) groups is 2. The Morgan fingerprint density at radius 2 is 1.60 bits per heavy atom. The first-order valence-corrected chi connectivity index (χ1v) is 11.4. The van der Waals surface area contributed by atoms with Crippen molar-refractivity contribution in [3.8, 4) is 5.75 Å². The van der Waals surface area contributed by atoms with E-state index in [1.54, 1.807) is 41.5 Å². The Bertz CT molecular complexity index is 1250. The molecule has 2 saturated heterocycles. The molecule has 0 radical (unpaired) electrons. The van der Waals surface area contributed by atoms with E-state index in [9.17, 15) is 19.7 Å². The third kappa shape index (κ3) is 4.00. The Hall–Kier alpha value is -4.24. The molecule has 3 atom stereocenters. The first-order chi connectivity index (χ1) is 17.0. The normalized spacial score (nSPS) is 21.3. The summed E-state index contributed by atoms with van der Waals surface area (Å²) in [5.74, 6) is -0.998. The molecule has 0 spiro atoms. The highest BCUT2D eigenvalue weighted by molar-refractivity contribution is 6.23. The van der Waals surface area contributed by atoms with Crippen LogP contribution in [0.2, 0.25) is 0 Å². The number of amides is 2. The molecule has 2 fully saturated rings. The number of para-hydroxylation sites is 1. The van der Waals surface area contributed by atoms with E-state index >= 15 is 0 Å². The van der Waals surface area contributed by atoms with Crippen molar-refractivity contribution in [2.24, 2.45) is 5.92 Å². The van der Waals surface area contributed by atoms with Crippen molar-refractivity contribution in [3.05, 3.63) is 94.5 Å². The third-order valence-electron chi connectivity index (χ3n) is 6.14. The van der Waals surface area contributed by atoms with Crippen LogP contribution in [-0.4, -0.2) is 29.4 Å². The van der Waals surface area contributed by atoms with Crippen molar-refractivity contribution in [3.63, 3.8) is 0 Å². The second kappa shape index (κ2) is 9.19. The molecule has 0 N–H and O–H groups in total. The van der Waals surface area contributed by atoms with E-state index in [2.05, 4.69) is 0 Å². The number of rotatable bonds is 7. The number of anilines is 2. The quantitative estimate of drug-likeness (QED) is 0.284. The fourth-order valence-corrected chi connectivity index (χ4v) is 4.51. The van der Waals surface area contributed by atoms with E-state index in [0.29, 0.717) is 29.3 Å². The van der Waals surface area contributed by atoms with Crippen molar-refractivity contribution >= 4 is 28.9 Å². The van der Waals surface area contributed by atoms with Gasteiger partial charge in [-0.25, -0.2) is 9.96 Å². The number of benzene rings is 3. The number of ether oxygens (including phenoxy) is 1. The molecular formula is C26H23N3O6. The summed E-state index contributed by atoms with van der Waals surface area (Å²) in [6, 6.07) is 21.3. The number of nitrogens with zero attached hydrogens (tertiary/aromatic N) is 3. The van der Waals surface area contributed by atoms with Gasteiger partial charge < -0.3 is 4.74 Å². The summed E-state index contributed by atoms with van der Waals surface area (Å²) in [6.45, 7) is 2.58. The van der Waals surface area contributed by atoms with Gasteiger partial charge in [0.1, 0.15) is 11.7 Å². The van der Waals surface area contributed by atoms with E-state index < -0.39 is 28.9 Å². The van der Waals surface area contributed by atoms with Gasteiger partial charge in [-0.3, -0.25) is 24.5 Å². The van der Waals surface area contributed by atoms with Crippen LogP contribution in [0.3, 0.4) is 0 Å². The minimum absolute atomic E-state index is 0.0590. The summed E-state index contributed by atoms with van der Waals surface area (Å²) < 4.78 is 5.60. The van der Waals surface area contributed by atoms with Gasteiger partial charge in [0.2, 0.25) is 5.91 Å². The summed E-state index contributed by atoms with van der Waals surface area (Å²) in [5.41, 5.74) is 1.69. The summed E-state index contributed by atoms with van der Waals surface area (Å²) >= 11 is 0. The number of nitro groups is 1. The van der Waals surface area contributed by atoms with E-state index in [0.717, 1.165) is 11.3 Å². The molecule has 9 nitrogen and oxygen atoms in total. The number of hydrogen-bond donors (Lipinski definition) is 0. The molecule has 0 bridgehead atoms. The predicted molar refractivity (Wildman–Crippen MR) is 128 cm³/mol. The zero-order valence-corrected chi connectivity index (χ0v) is 18.9. The minimum Gasteiger partial charge on any atom is -0.494 e. The molecule has 2 amide bonds. The highest BCUT2D eigenvalue weighted by Crippen LogP contribution is 2.47. The van der Waals surface area contributed by atoms with Crippen LogP contribution in [-0.2, 0) is 14.4 Å². The Morgan fingerprint density at radius 1 is 0.914 bits per heavy atom.